The maximum absolute atomic E-state index is 11.7. The van der Waals surface area contributed by atoms with E-state index in [2.05, 4.69) is 17.5 Å². The third-order valence-corrected chi connectivity index (χ3v) is 3.48. The fourth-order valence-corrected chi connectivity index (χ4v) is 2.26. The lowest BCUT2D eigenvalue weighted by Gasteiger charge is -2.18. The van der Waals surface area contributed by atoms with Crippen molar-refractivity contribution in [2.24, 2.45) is 0 Å². The molecule has 1 rings (SSSR count). The highest BCUT2D eigenvalue weighted by atomic mass is 16.6. The number of aliphatic carboxylic acids is 1. The van der Waals surface area contributed by atoms with Crippen LogP contribution >= 0.6 is 0 Å². The molecule has 1 unspecified atom stereocenters. The topological polar surface area (TPSA) is 103 Å². The van der Waals surface area contributed by atoms with E-state index in [1.165, 1.54) is 0 Å². The summed E-state index contributed by atoms with van der Waals surface area (Å²) in [6, 6.07) is 0. The Hall–Kier alpha value is -1.64. The fourth-order valence-electron chi connectivity index (χ4n) is 2.26. The Morgan fingerprint density at radius 2 is 1.64 bits per heavy atom. The summed E-state index contributed by atoms with van der Waals surface area (Å²) in [7, 11) is 0. The molecule has 0 bridgehead atoms. The minimum absolute atomic E-state index is 0.0115. The first-order chi connectivity index (χ1) is 12.2. The molecule has 0 aromatic heterocycles. The molecule has 0 fully saturated rings. The van der Waals surface area contributed by atoms with Gasteiger partial charge < -0.3 is 29.4 Å². The predicted molar refractivity (Wildman–Crippen MR) is 90.6 cm³/mol. The van der Waals surface area contributed by atoms with Crippen molar-refractivity contribution in [2.45, 2.75) is 38.2 Å². The Labute approximate surface area is 148 Å². The van der Waals surface area contributed by atoms with Crippen molar-refractivity contribution in [1.29, 1.82) is 0 Å². The largest absolute Gasteiger partial charge is 0.480 e. The van der Waals surface area contributed by atoms with Gasteiger partial charge in [0, 0.05) is 6.54 Å². The normalized spacial score (nSPS) is 18.8. The Morgan fingerprint density at radius 3 is 2.40 bits per heavy atom. The Bertz CT molecular complexity index is 400. The molecule has 0 spiro atoms. The SMILES string of the molecule is O=C(O)COCCOCCOCCNC(=O)OC1CC/C=C\CCC1. The number of ether oxygens (including phenoxy) is 4. The van der Waals surface area contributed by atoms with E-state index in [1.807, 2.05) is 0 Å². The second-order valence-electron chi connectivity index (χ2n) is 5.60. The smallest absolute Gasteiger partial charge is 0.407 e. The third kappa shape index (κ3) is 13.3. The minimum atomic E-state index is -0.999. The van der Waals surface area contributed by atoms with Crippen molar-refractivity contribution in [2.75, 3.05) is 46.2 Å². The highest BCUT2D eigenvalue weighted by Gasteiger charge is 2.14. The van der Waals surface area contributed by atoms with Gasteiger partial charge in [-0.05, 0) is 32.1 Å². The summed E-state index contributed by atoms with van der Waals surface area (Å²) in [6.07, 6.45) is 8.72. The summed E-state index contributed by atoms with van der Waals surface area (Å²) >= 11 is 0. The maximum Gasteiger partial charge on any atom is 0.407 e. The van der Waals surface area contributed by atoms with Gasteiger partial charge in [-0.25, -0.2) is 9.59 Å². The van der Waals surface area contributed by atoms with Crippen LogP contribution in [0.2, 0.25) is 0 Å². The van der Waals surface area contributed by atoms with Crippen LogP contribution in [0.15, 0.2) is 12.2 Å². The first-order valence-electron chi connectivity index (χ1n) is 8.73. The number of amides is 1. The van der Waals surface area contributed by atoms with E-state index in [-0.39, 0.29) is 19.3 Å². The van der Waals surface area contributed by atoms with Gasteiger partial charge in [0.05, 0.1) is 33.0 Å². The fraction of sp³-hybridized carbons (Fsp3) is 0.765. The summed E-state index contributed by atoms with van der Waals surface area (Å²) in [5, 5.41) is 11.0. The highest BCUT2D eigenvalue weighted by molar-refractivity contribution is 5.68. The van der Waals surface area contributed by atoms with Crippen LogP contribution in [0.3, 0.4) is 0 Å². The molecular formula is C17H29NO7. The Morgan fingerprint density at radius 1 is 0.960 bits per heavy atom. The molecule has 1 aliphatic rings. The van der Waals surface area contributed by atoms with Gasteiger partial charge in [-0.3, -0.25) is 0 Å². The molecule has 8 nitrogen and oxygen atoms in total. The van der Waals surface area contributed by atoms with E-state index in [4.69, 9.17) is 24.1 Å². The lowest BCUT2D eigenvalue weighted by atomic mass is 10.0. The number of alkyl carbamates (subject to hydrolysis) is 1. The van der Waals surface area contributed by atoms with Gasteiger partial charge in [-0.1, -0.05) is 12.2 Å². The molecule has 2 N–H and O–H groups in total. The van der Waals surface area contributed by atoms with Crippen LogP contribution < -0.4 is 5.32 Å². The van der Waals surface area contributed by atoms with E-state index in [9.17, 15) is 9.59 Å². The zero-order valence-electron chi connectivity index (χ0n) is 14.6. The average molecular weight is 359 g/mol. The molecular weight excluding hydrogens is 330 g/mol. The van der Waals surface area contributed by atoms with Crippen LogP contribution in [-0.2, 0) is 23.7 Å². The first kappa shape index (κ1) is 21.4. The van der Waals surface area contributed by atoms with Crippen LogP contribution in [0.25, 0.3) is 0 Å². The van der Waals surface area contributed by atoms with Crippen molar-refractivity contribution in [3.63, 3.8) is 0 Å². The van der Waals surface area contributed by atoms with E-state index < -0.39 is 12.1 Å². The maximum atomic E-state index is 11.7. The Kier molecular flexibility index (Phi) is 12.6. The molecule has 0 radical (unpaired) electrons. The summed E-state index contributed by atoms with van der Waals surface area (Å²) in [5.41, 5.74) is 0. The molecule has 1 atom stereocenters. The predicted octanol–water partition coefficient (Wildman–Crippen LogP) is 1.74. The minimum Gasteiger partial charge on any atom is -0.480 e. The van der Waals surface area contributed by atoms with E-state index in [1.54, 1.807) is 0 Å². The quantitative estimate of drug-likeness (QED) is 0.404. The van der Waals surface area contributed by atoms with Crippen LogP contribution in [0.4, 0.5) is 4.79 Å². The summed E-state index contributed by atoms with van der Waals surface area (Å²) in [6.45, 7) is 1.77. The van der Waals surface area contributed by atoms with Crippen molar-refractivity contribution >= 4 is 12.1 Å². The number of nitrogens with one attached hydrogen (secondary N) is 1. The molecule has 0 aromatic rings. The number of hydrogen-bond acceptors (Lipinski definition) is 6. The molecule has 0 heterocycles. The van der Waals surface area contributed by atoms with Gasteiger partial charge in [-0.15, -0.1) is 0 Å². The molecule has 0 saturated heterocycles. The second kappa shape index (κ2) is 14.7. The Balaban J connectivity index is 1.87. The molecule has 0 aliphatic heterocycles. The van der Waals surface area contributed by atoms with Gasteiger partial charge in [0.15, 0.2) is 0 Å². The molecule has 144 valence electrons. The number of carboxylic acid groups (broad SMARTS) is 1. The van der Waals surface area contributed by atoms with Crippen molar-refractivity contribution in [3.8, 4) is 0 Å². The number of allylic oxidation sites excluding steroid dienone is 2. The number of carbonyl (C=O) groups is 2. The number of rotatable bonds is 12. The van der Waals surface area contributed by atoms with Gasteiger partial charge in [0.1, 0.15) is 12.7 Å². The van der Waals surface area contributed by atoms with Gasteiger partial charge in [0.25, 0.3) is 0 Å². The van der Waals surface area contributed by atoms with Crippen molar-refractivity contribution in [3.05, 3.63) is 12.2 Å². The lowest BCUT2D eigenvalue weighted by molar-refractivity contribution is -0.142. The number of carbonyl (C=O) groups excluding carboxylic acids is 1. The van der Waals surface area contributed by atoms with E-state index in [0.29, 0.717) is 33.0 Å². The zero-order valence-corrected chi connectivity index (χ0v) is 14.6. The van der Waals surface area contributed by atoms with Crippen LogP contribution in [-0.4, -0.2) is 69.5 Å². The summed E-state index contributed by atoms with van der Waals surface area (Å²) in [5.74, 6) is -0.999. The monoisotopic (exact) mass is 359 g/mol. The molecule has 1 aliphatic carbocycles. The number of carboxylic acids is 1. The number of hydrogen-bond donors (Lipinski definition) is 2. The van der Waals surface area contributed by atoms with Crippen LogP contribution in [0, 0.1) is 0 Å². The first-order valence-corrected chi connectivity index (χ1v) is 8.73. The van der Waals surface area contributed by atoms with Gasteiger partial charge >= 0.3 is 12.1 Å². The second-order valence-corrected chi connectivity index (χ2v) is 5.60. The van der Waals surface area contributed by atoms with Crippen LogP contribution in [0.1, 0.15) is 32.1 Å². The molecule has 1 amide bonds. The molecule has 25 heavy (non-hydrogen) atoms. The molecule has 0 saturated carbocycles. The third-order valence-electron chi connectivity index (χ3n) is 3.48. The van der Waals surface area contributed by atoms with Crippen LogP contribution in [0.5, 0.6) is 0 Å². The van der Waals surface area contributed by atoms with E-state index >= 15 is 0 Å². The van der Waals surface area contributed by atoms with Gasteiger partial charge in [0.2, 0.25) is 0 Å². The summed E-state index contributed by atoms with van der Waals surface area (Å²) in [4.78, 5) is 21.9. The van der Waals surface area contributed by atoms with Crippen molar-refractivity contribution < 1.29 is 33.6 Å². The molecule has 8 heteroatoms. The lowest BCUT2D eigenvalue weighted by Crippen LogP contribution is -2.31. The standard InChI is InChI=1S/C17H29NO7/c19-16(20)14-24-13-12-23-11-10-22-9-8-18-17(21)25-15-6-4-2-1-3-5-7-15/h1-2,15H,3-14H2,(H,18,21)(H,19,20)/b2-1-. The highest BCUT2D eigenvalue weighted by Crippen LogP contribution is 2.15. The van der Waals surface area contributed by atoms with E-state index in [0.717, 1.165) is 32.1 Å². The molecule has 0 aromatic carbocycles. The average Bonchev–Trinajstić information content (AvgIpc) is 2.54. The summed E-state index contributed by atoms with van der Waals surface area (Å²) < 4.78 is 20.7. The zero-order chi connectivity index (χ0) is 18.2. The van der Waals surface area contributed by atoms with Crippen molar-refractivity contribution in [1.82, 2.24) is 5.32 Å². The van der Waals surface area contributed by atoms with Gasteiger partial charge in [-0.2, -0.15) is 0 Å².